The molecule has 2 aromatic heterocycles. The minimum atomic E-state index is -0.960. The maximum Gasteiger partial charge on any atom is 0.318 e. The fraction of sp³-hybridized carbons (Fsp3) is 0.176. The summed E-state index contributed by atoms with van der Waals surface area (Å²) >= 11 is 0. The molecule has 0 saturated carbocycles. The van der Waals surface area contributed by atoms with Gasteiger partial charge in [0, 0.05) is 36.6 Å². The Bertz CT molecular complexity index is 1110. The molecule has 1 aromatic carbocycles. The number of rotatable bonds is 3. The number of carbonyl (C=O) groups excluding carboxylic acids is 1. The number of anilines is 1. The van der Waals surface area contributed by atoms with E-state index in [1.165, 1.54) is 13.2 Å². The number of benzene rings is 1. The number of urea groups is 1. The van der Waals surface area contributed by atoms with Crippen LogP contribution in [0.3, 0.4) is 0 Å². The standard InChI is InChI=1S/C17H15N5O4/c1-18-17(26)20-8-2-3-9-10(6-8)11(7-12(23)24)14-13(9)21-16(25)15-19-4-5-22(14)15/h2-6,11H,7H2,1H3,(H,21,25)(H,23,24)(H2,18,20,26)/t11-/m1/s1. The van der Waals surface area contributed by atoms with Gasteiger partial charge < -0.3 is 20.7 Å². The van der Waals surface area contributed by atoms with Gasteiger partial charge in [0.2, 0.25) is 5.65 Å². The number of aromatic nitrogens is 3. The topological polar surface area (TPSA) is 129 Å². The summed E-state index contributed by atoms with van der Waals surface area (Å²) in [6, 6.07) is 4.83. The van der Waals surface area contributed by atoms with Gasteiger partial charge in [-0.25, -0.2) is 9.78 Å². The zero-order chi connectivity index (χ0) is 18.4. The van der Waals surface area contributed by atoms with Crippen LogP contribution in [-0.2, 0) is 4.79 Å². The van der Waals surface area contributed by atoms with E-state index in [1.807, 2.05) is 0 Å². The van der Waals surface area contributed by atoms with Crippen LogP contribution >= 0.6 is 0 Å². The van der Waals surface area contributed by atoms with E-state index in [-0.39, 0.29) is 23.7 Å². The van der Waals surface area contributed by atoms with Crippen molar-refractivity contribution in [3.8, 4) is 11.3 Å². The largest absolute Gasteiger partial charge is 0.481 e. The molecule has 0 unspecified atom stereocenters. The zero-order valence-corrected chi connectivity index (χ0v) is 13.7. The van der Waals surface area contributed by atoms with E-state index in [2.05, 4.69) is 20.6 Å². The average Bonchev–Trinajstić information content (AvgIpc) is 3.19. The van der Waals surface area contributed by atoms with Gasteiger partial charge in [-0.3, -0.25) is 14.0 Å². The Morgan fingerprint density at radius 2 is 2.19 bits per heavy atom. The van der Waals surface area contributed by atoms with Gasteiger partial charge in [-0.15, -0.1) is 0 Å². The van der Waals surface area contributed by atoms with E-state index in [4.69, 9.17) is 0 Å². The predicted molar refractivity (Wildman–Crippen MR) is 93.4 cm³/mol. The fourth-order valence-electron chi connectivity index (χ4n) is 3.45. The number of fused-ring (bicyclic) bond motifs is 5. The summed E-state index contributed by atoms with van der Waals surface area (Å²) < 4.78 is 1.63. The molecule has 4 rings (SSSR count). The Balaban J connectivity index is 1.93. The van der Waals surface area contributed by atoms with Crippen LogP contribution in [-0.4, -0.2) is 38.5 Å². The third-order valence-corrected chi connectivity index (χ3v) is 4.49. The lowest BCUT2D eigenvalue weighted by molar-refractivity contribution is -0.137. The smallest absolute Gasteiger partial charge is 0.318 e. The Hall–Kier alpha value is -3.62. The minimum absolute atomic E-state index is 0.150. The van der Waals surface area contributed by atoms with Crippen LogP contribution in [0.4, 0.5) is 10.5 Å². The number of aliphatic carboxylic acids is 1. The molecule has 0 aliphatic heterocycles. The zero-order valence-electron chi connectivity index (χ0n) is 13.7. The van der Waals surface area contributed by atoms with Crippen molar-refractivity contribution in [2.75, 3.05) is 12.4 Å². The van der Waals surface area contributed by atoms with Crippen LogP contribution in [0.5, 0.6) is 0 Å². The van der Waals surface area contributed by atoms with Crippen molar-refractivity contribution in [1.29, 1.82) is 0 Å². The Labute approximate surface area is 146 Å². The third kappa shape index (κ3) is 2.32. The van der Waals surface area contributed by atoms with E-state index in [0.29, 0.717) is 17.1 Å². The molecule has 1 atom stereocenters. The summed E-state index contributed by atoms with van der Waals surface area (Å²) in [7, 11) is 1.51. The first-order chi connectivity index (χ1) is 12.5. The number of aromatic amines is 1. The van der Waals surface area contributed by atoms with E-state index < -0.39 is 11.9 Å². The minimum Gasteiger partial charge on any atom is -0.481 e. The lowest BCUT2D eigenvalue weighted by Gasteiger charge is -2.13. The van der Waals surface area contributed by atoms with Crippen LogP contribution in [0.15, 0.2) is 35.4 Å². The highest BCUT2D eigenvalue weighted by atomic mass is 16.4. The number of amides is 2. The molecule has 0 fully saturated rings. The molecule has 0 spiro atoms. The monoisotopic (exact) mass is 353 g/mol. The summed E-state index contributed by atoms with van der Waals surface area (Å²) in [4.78, 5) is 42.1. The van der Waals surface area contributed by atoms with Gasteiger partial charge >= 0.3 is 12.0 Å². The molecule has 26 heavy (non-hydrogen) atoms. The Morgan fingerprint density at radius 1 is 1.38 bits per heavy atom. The number of carboxylic acids is 1. The average molecular weight is 353 g/mol. The van der Waals surface area contributed by atoms with Crippen molar-refractivity contribution in [2.45, 2.75) is 12.3 Å². The molecule has 0 saturated heterocycles. The molecule has 132 valence electrons. The van der Waals surface area contributed by atoms with E-state index in [9.17, 15) is 19.5 Å². The Kier molecular flexibility index (Phi) is 3.50. The molecule has 3 aromatic rings. The second kappa shape index (κ2) is 5.73. The first kappa shape index (κ1) is 15.9. The first-order valence-electron chi connectivity index (χ1n) is 7.93. The SMILES string of the molecule is CNC(=O)Nc1ccc2c(c1)[C@@H](CC(=O)O)c1c-2[nH]c(=O)c2nccn12. The normalized spacial score (nSPS) is 14.7. The summed E-state index contributed by atoms with van der Waals surface area (Å²) in [6.45, 7) is 0. The summed E-state index contributed by atoms with van der Waals surface area (Å²) in [5.74, 6) is -1.43. The second-order valence-corrected chi connectivity index (χ2v) is 5.99. The molecule has 9 nitrogen and oxygen atoms in total. The first-order valence-corrected chi connectivity index (χ1v) is 7.93. The maximum atomic E-state index is 12.3. The molecule has 4 N–H and O–H groups in total. The lowest BCUT2D eigenvalue weighted by Crippen LogP contribution is -2.24. The molecule has 1 aliphatic carbocycles. The quantitative estimate of drug-likeness (QED) is 0.565. The van der Waals surface area contributed by atoms with Gasteiger partial charge in [0.25, 0.3) is 5.56 Å². The van der Waals surface area contributed by atoms with Crippen molar-refractivity contribution < 1.29 is 14.7 Å². The van der Waals surface area contributed by atoms with Gasteiger partial charge in [0.1, 0.15) is 0 Å². The molecule has 9 heteroatoms. The van der Waals surface area contributed by atoms with Crippen LogP contribution in [0.2, 0.25) is 0 Å². The van der Waals surface area contributed by atoms with Gasteiger partial charge in [-0.05, 0) is 17.7 Å². The van der Waals surface area contributed by atoms with Crippen molar-refractivity contribution >= 4 is 23.3 Å². The number of imidazole rings is 1. The van der Waals surface area contributed by atoms with E-state index in [0.717, 1.165) is 11.1 Å². The van der Waals surface area contributed by atoms with Crippen molar-refractivity contribution in [2.24, 2.45) is 0 Å². The molecule has 2 amide bonds. The van der Waals surface area contributed by atoms with Crippen molar-refractivity contribution in [1.82, 2.24) is 19.7 Å². The number of hydrogen-bond donors (Lipinski definition) is 4. The number of nitrogens with zero attached hydrogens (tertiary/aromatic N) is 2. The molecule has 0 bridgehead atoms. The molecule has 2 heterocycles. The maximum absolute atomic E-state index is 12.3. The second-order valence-electron chi connectivity index (χ2n) is 5.99. The van der Waals surface area contributed by atoms with Gasteiger partial charge in [-0.2, -0.15) is 0 Å². The number of nitrogens with one attached hydrogen (secondary N) is 3. The summed E-state index contributed by atoms with van der Waals surface area (Å²) in [5.41, 5.74) is 3.13. The highest BCUT2D eigenvalue weighted by Crippen LogP contribution is 2.45. The highest BCUT2D eigenvalue weighted by Gasteiger charge is 2.34. The van der Waals surface area contributed by atoms with Crippen LogP contribution in [0.1, 0.15) is 23.6 Å². The van der Waals surface area contributed by atoms with Crippen LogP contribution in [0.25, 0.3) is 16.9 Å². The Morgan fingerprint density at radius 3 is 2.92 bits per heavy atom. The number of carbonyl (C=O) groups is 2. The molecule has 1 aliphatic rings. The number of carboxylic acid groups (broad SMARTS) is 1. The van der Waals surface area contributed by atoms with Gasteiger partial charge in [0.05, 0.1) is 17.8 Å². The molecule has 0 radical (unpaired) electrons. The molecular weight excluding hydrogens is 338 g/mol. The van der Waals surface area contributed by atoms with Crippen molar-refractivity contribution in [3.05, 3.63) is 52.2 Å². The van der Waals surface area contributed by atoms with Gasteiger partial charge in [-0.1, -0.05) is 6.07 Å². The highest BCUT2D eigenvalue weighted by molar-refractivity contribution is 5.90. The van der Waals surface area contributed by atoms with E-state index in [1.54, 1.807) is 28.8 Å². The van der Waals surface area contributed by atoms with Gasteiger partial charge in [0.15, 0.2) is 0 Å². The molecular formula is C17H15N5O4. The number of hydrogen-bond acceptors (Lipinski definition) is 4. The summed E-state index contributed by atoms with van der Waals surface area (Å²) in [5, 5.41) is 14.5. The van der Waals surface area contributed by atoms with Crippen molar-refractivity contribution in [3.63, 3.8) is 0 Å². The predicted octanol–water partition coefficient (Wildman–Crippen LogP) is 1.36. The lowest BCUT2D eigenvalue weighted by atomic mass is 9.96. The fourth-order valence-corrected chi connectivity index (χ4v) is 3.45. The van der Waals surface area contributed by atoms with E-state index >= 15 is 0 Å². The van der Waals surface area contributed by atoms with Crippen LogP contribution in [0, 0.1) is 0 Å². The summed E-state index contributed by atoms with van der Waals surface area (Å²) in [6.07, 6.45) is 3.00. The third-order valence-electron chi connectivity index (χ3n) is 4.49. The van der Waals surface area contributed by atoms with Crippen LogP contribution < -0.4 is 16.2 Å². The number of H-pyrrole nitrogens is 1.